The van der Waals surface area contributed by atoms with E-state index in [0.717, 1.165) is 24.9 Å². The van der Waals surface area contributed by atoms with Crippen molar-refractivity contribution in [2.24, 2.45) is 11.7 Å². The van der Waals surface area contributed by atoms with Gasteiger partial charge < -0.3 is 21.9 Å². The molecular weight excluding hydrogens is 230 g/mol. The van der Waals surface area contributed by atoms with E-state index in [1.807, 2.05) is 0 Å². The second-order valence-corrected chi connectivity index (χ2v) is 4.79. The third kappa shape index (κ3) is 2.56. The van der Waals surface area contributed by atoms with E-state index in [1.165, 1.54) is 0 Å². The Morgan fingerprint density at radius 3 is 2.89 bits per heavy atom. The summed E-state index contributed by atoms with van der Waals surface area (Å²) in [6, 6.07) is 5.16. The van der Waals surface area contributed by atoms with Crippen LogP contribution in [0.5, 0.6) is 0 Å². The Morgan fingerprint density at radius 1 is 1.44 bits per heavy atom. The average Bonchev–Trinajstić information content (AvgIpc) is 2.79. The molecule has 0 aliphatic heterocycles. The SMILES string of the molecule is NC(=O)c1ccc(N)c(NC2CCCC2CO)c1. The number of aliphatic hydroxyl groups is 1. The van der Waals surface area contributed by atoms with Crippen molar-refractivity contribution in [2.45, 2.75) is 25.3 Å². The van der Waals surface area contributed by atoms with E-state index < -0.39 is 5.91 Å². The zero-order valence-electron chi connectivity index (χ0n) is 10.2. The molecule has 0 aromatic heterocycles. The number of nitrogen functional groups attached to an aromatic ring is 1. The molecule has 1 aromatic rings. The van der Waals surface area contributed by atoms with Crippen molar-refractivity contribution in [3.63, 3.8) is 0 Å². The van der Waals surface area contributed by atoms with E-state index in [-0.39, 0.29) is 18.6 Å². The molecule has 0 bridgehead atoms. The number of benzene rings is 1. The lowest BCUT2D eigenvalue weighted by Crippen LogP contribution is -2.27. The number of rotatable bonds is 4. The molecule has 98 valence electrons. The van der Waals surface area contributed by atoms with Gasteiger partial charge >= 0.3 is 0 Å². The normalized spacial score (nSPS) is 22.9. The summed E-state index contributed by atoms with van der Waals surface area (Å²) >= 11 is 0. The summed E-state index contributed by atoms with van der Waals surface area (Å²) in [6.07, 6.45) is 3.12. The Bertz CT molecular complexity index is 448. The van der Waals surface area contributed by atoms with Crippen molar-refractivity contribution in [3.8, 4) is 0 Å². The van der Waals surface area contributed by atoms with Gasteiger partial charge in [-0.15, -0.1) is 0 Å². The van der Waals surface area contributed by atoms with Gasteiger partial charge in [-0.1, -0.05) is 6.42 Å². The van der Waals surface area contributed by atoms with Crippen LogP contribution in [0.2, 0.25) is 0 Å². The Morgan fingerprint density at radius 2 is 2.22 bits per heavy atom. The molecule has 1 saturated carbocycles. The zero-order chi connectivity index (χ0) is 13.1. The molecule has 2 rings (SSSR count). The molecule has 0 spiro atoms. The number of hydrogen-bond donors (Lipinski definition) is 4. The standard InChI is InChI=1S/C13H19N3O2/c14-10-5-4-8(13(15)18)6-12(10)16-11-3-1-2-9(11)7-17/h4-6,9,11,16-17H,1-3,7,14H2,(H2,15,18). The minimum absolute atomic E-state index is 0.174. The van der Waals surface area contributed by atoms with Crippen molar-refractivity contribution in [2.75, 3.05) is 17.7 Å². The topological polar surface area (TPSA) is 101 Å². The van der Waals surface area contributed by atoms with Crippen molar-refractivity contribution >= 4 is 17.3 Å². The van der Waals surface area contributed by atoms with Crippen LogP contribution in [0.1, 0.15) is 29.6 Å². The number of aliphatic hydroxyl groups excluding tert-OH is 1. The second-order valence-electron chi connectivity index (χ2n) is 4.79. The van der Waals surface area contributed by atoms with Gasteiger partial charge in [0, 0.05) is 24.1 Å². The van der Waals surface area contributed by atoms with E-state index in [2.05, 4.69) is 5.32 Å². The number of anilines is 2. The molecule has 0 heterocycles. The monoisotopic (exact) mass is 249 g/mol. The Labute approximate surface area is 106 Å². The predicted molar refractivity (Wildman–Crippen MR) is 71.2 cm³/mol. The summed E-state index contributed by atoms with van der Waals surface area (Å²) in [5, 5.41) is 12.6. The fourth-order valence-corrected chi connectivity index (χ4v) is 2.48. The molecule has 0 saturated heterocycles. The largest absolute Gasteiger partial charge is 0.397 e. The van der Waals surface area contributed by atoms with Gasteiger partial charge in [-0.2, -0.15) is 0 Å². The molecule has 1 fully saturated rings. The zero-order valence-corrected chi connectivity index (χ0v) is 10.2. The minimum atomic E-state index is -0.469. The molecule has 2 atom stereocenters. The van der Waals surface area contributed by atoms with Gasteiger partial charge in [-0.05, 0) is 31.0 Å². The second kappa shape index (κ2) is 5.27. The van der Waals surface area contributed by atoms with Crippen LogP contribution in [-0.2, 0) is 0 Å². The maximum atomic E-state index is 11.1. The highest BCUT2D eigenvalue weighted by atomic mass is 16.3. The summed E-state index contributed by atoms with van der Waals surface area (Å²) < 4.78 is 0. The predicted octanol–water partition coefficient (Wildman–Crippen LogP) is 0.941. The Hall–Kier alpha value is -1.75. The molecule has 2 unspecified atom stereocenters. The third-order valence-corrected chi connectivity index (χ3v) is 3.57. The maximum absolute atomic E-state index is 11.1. The lowest BCUT2D eigenvalue weighted by molar-refractivity contribution is 0.100. The quantitative estimate of drug-likeness (QED) is 0.596. The molecule has 1 aromatic carbocycles. The van der Waals surface area contributed by atoms with E-state index in [0.29, 0.717) is 11.3 Å². The maximum Gasteiger partial charge on any atom is 0.248 e. The molecule has 18 heavy (non-hydrogen) atoms. The molecular formula is C13H19N3O2. The van der Waals surface area contributed by atoms with Crippen molar-refractivity contribution in [1.29, 1.82) is 0 Å². The fourth-order valence-electron chi connectivity index (χ4n) is 2.48. The molecule has 1 amide bonds. The van der Waals surface area contributed by atoms with Gasteiger partial charge in [0.2, 0.25) is 5.91 Å². The number of hydrogen-bond acceptors (Lipinski definition) is 4. The number of nitrogens with one attached hydrogen (secondary N) is 1. The number of carbonyl (C=O) groups is 1. The van der Waals surface area contributed by atoms with Gasteiger partial charge in [-0.25, -0.2) is 0 Å². The van der Waals surface area contributed by atoms with Gasteiger partial charge in [-0.3, -0.25) is 4.79 Å². The van der Waals surface area contributed by atoms with Crippen LogP contribution < -0.4 is 16.8 Å². The first-order valence-electron chi connectivity index (χ1n) is 6.18. The summed E-state index contributed by atoms with van der Waals surface area (Å²) in [4.78, 5) is 11.1. The van der Waals surface area contributed by atoms with E-state index in [9.17, 15) is 9.90 Å². The molecule has 1 aliphatic carbocycles. The molecule has 5 heteroatoms. The Balaban J connectivity index is 2.17. The molecule has 5 nitrogen and oxygen atoms in total. The summed E-state index contributed by atoms with van der Waals surface area (Å²) in [5.74, 6) is -0.218. The average molecular weight is 249 g/mol. The number of primary amides is 1. The number of amides is 1. The summed E-state index contributed by atoms with van der Waals surface area (Å²) in [5.41, 5.74) is 12.9. The molecule has 6 N–H and O–H groups in total. The lowest BCUT2D eigenvalue weighted by Gasteiger charge is -2.21. The van der Waals surface area contributed by atoms with Crippen molar-refractivity contribution in [1.82, 2.24) is 0 Å². The highest BCUT2D eigenvalue weighted by molar-refractivity contribution is 5.94. The highest BCUT2D eigenvalue weighted by Crippen LogP contribution is 2.30. The molecule has 0 radical (unpaired) electrons. The lowest BCUT2D eigenvalue weighted by atomic mass is 10.0. The third-order valence-electron chi connectivity index (χ3n) is 3.57. The molecule has 1 aliphatic rings. The first kappa shape index (κ1) is 12.7. The summed E-state index contributed by atoms with van der Waals surface area (Å²) in [6.45, 7) is 0.174. The summed E-state index contributed by atoms with van der Waals surface area (Å²) in [7, 11) is 0. The van der Waals surface area contributed by atoms with Crippen LogP contribution in [0.4, 0.5) is 11.4 Å². The van der Waals surface area contributed by atoms with Crippen LogP contribution in [-0.4, -0.2) is 23.7 Å². The van der Waals surface area contributed by atoms with Crippen molar-refractivity contribution in [3.05, 3.63) is 23.8 Å². The van der Waals surface area contributed by atoms with E-state index in [1.54, 1.807) is 18.2 Å². The fraction of sp³-hybridized carbons (Fsp3) is 0.462. The minimum Gasteiger partial charge on any atom is -0.397 e. The van der Waals surface area contributed by atoms with Crippen LogP contribution >= 0.6 is 0 Å². The smallest absolute Gasteiger partial charge is 0.248 e. The first-order chi connectivity index (χ1) is 8.61. The highest BCUT2D eigenvalue weighted by Gasteiger charge is 2.26. The first-order valence-corrected chi connectivity index (χ1v) is 6.18. The van der Waals surface area contributed by atoms with Crippen LogP contribution in [0, 0.1) is 5.92 Å². The van der Waals surface area contributed by atoms with Crippen LogP contribution in [0.3, 0.4) is 0 Å². The van der Waals surface area contributed by atoms with Crippen LogP contribution in [0.15, 0.2) is 18.2 Å². The van der Waals surface area contributed by atoms with E-state index in [4.69, 9.17) is 11.5 Å². The number of nitrogens with two attached hydrogens (primary N) is 2. The number of carbonyl (C=O) groups excluding carboxylic acids is 1. The van der Waals surface area contributed by atoms with Gasteiger partial charge in [0.25, 0.3) is 0 Å². The van der Waals surface area contributed by atoms with Gasteiger partial charge in [0.05, 0.1) is 11.4 Å². The van der Waals surface area contributed by atoms with E-state index >= 15 is 0 Å². The van der Waals surface area contributed by atoms with Crippen molar-refractivity contribution < 1.29 is 9.90 Å². The van der Waals surface area contributed by atoms with Gasteiger partial charge in [0.1, 0.15) is 0 Å². The Kier molecular flexibility index (Phi) is 3.72. The van der Waals surface area contributed by atoms with Crippen LogP contribution in [0.25, 0.3) is 0 Å². The van der Waals surface area contributed by atoms with Gasteiger partial charge in [0.15, 0.2) is 0 Å².